The quantitative estimate of drug-likeness (QED) is 0.207. The number of hydrogen-bond acceptors (Lipinski definition) is 8. The van der Waals surface area contributed by atoms with Gasteiger partial charge in [0.15, 0.2) is 0 Å². The Balaban J connectivity index is 1.38. The van der Waals surface area contributed by atoms with Crippen molar-refractivity contribution in [1.29, 1.82) is 0 Å². The first-order valence-corrected chi connectivity index (χ1v) is 15.2. The molecule has 1 aliphatic heterocycles. The zero-order valence-electron chi connectivity index (χ0n) is 25.6. The van der Waals surface area contributed by atoms with Crippen molar-refractivity contribution in [2.45, 2.75) is 33.3 Å². The fourth-order valence-electron chi connectivity index (χ4n) is 6.24. The van der Waals surface area contributed by atoms with Gasteiger partial charge >= 0.3 is 0 Å². The highest BCUT2D eigenvalue weighted by Crippen LogP contribution is 2.44. The molecule has 4 aromatic heterocycles. The van der Waals surface area contributed by atoms with E-state index >= 15 is 4.39 Å². The Hall–Kier alpha value is -4.70. The lowest BCUT2D eigenvalue weighted by Crippen LogP contribution is -2.43. The number of methoxy groups -OCH3 is 1. The average Bonchev–Trinajstić information content (AvgIpc) is 3.78. The van der Waals surface area contributed by atoms with Gasteiger partial charge in [-0.25, -0.2) is 18.7 Å². The number of halogens is 2. The number of rotatable bonds is 7. The number of anilines is 3. The fraction of sp³-hybridized carbons (Fsp3) is 0.314. The highest BCUT2D eigenvalue weighted by molar-refractivity contribution is 5.99. The first kappa shape index (κ1) is 29.0. The molecule has 0 radical (unpaired) electrons. The van der Waals surface area contributed by atoms with Gasteiger partial charge in [-0.3, -0.25) is 9.97 Å². The molecule has 3 atom stereocenters. The van der Waals surface area contributed by atoms with Crippen molar-refractivity contribution in [2.75, 3.05) is 37.0 Å². The number of hydrogen-bond donors (Lipinski definition) is 1. The monoisotopic (exact) mass is 608 g/mol. The van der Waals surface area contributed by atoms with Crippen LogP contribution in [-0.4, -0.2) is 52.8 Å². The Labute approximate surface area is 260 Å². The number of morpholine rings is 1. The number of aryl methyl sites for hydroxylation is 1. The smallest absolute Gasteiger partial charge is 0.212 e. The summed E-state index contributed by atoms with van der Waals surface area (Å²) < 4.78 is 41.5. The van der Waals surface area contributed by atoms with Gasteiger partial charge < -0.3 is 19.7 Å². The van der Waals surface area contributed by atoms with Crippen LogP contribution in [0.4, 0.5) is 25.8 Å². The van der Waals surface area contributed by atoms with E-state index in [0.29, 0.717) is 58.3 Å². The lowest BCUT2D eigenvalue weighted by Gasteiger charge is -2.35. The van der Waals surface area contributed by atoms with Crippen LogP contribution in [0.15, 0.2) is 61.1 Å². The molecule has 0 spiro atoms. The Kier molecular flexibility index (Phi) is 7.53. The van der Waals surface area contributed by atoms with E-state index in [-0.39, 0.29) is 17.0 Å². The van der Waals surface area contributed by atoms with Crippen molar-refractivity contribution in [2.24, 2.45) is 11.8 Å². The van der Waals surface area contributed by atoms with E-state index < -0.39 is 11.6 Å². The number of nitrogens with one attached hydrogen (secondary N) is 1. The molecule has 1 saturated heterocycles. The molecule has 1 N–H and O–H groups in total. The van der Waals surface area contributed by atoms with Crippen molar-refractivity contribution in [3.63, 3.8) is 0 Å². The zero-order chi connectivity index (χ0) is 31.2. The third kappa shape index (κ3) is 5.66. The zero-order valence-corrected chi connectivity index (χ0v) is 25.6. The largest absolute Gasteiger partial charge is 0.481 e. The van der Waals surface area contributed by atoms with Crippen molar-refractivity contribution in [3.05, 3.63) is 83.8 Å². The van der Waals surface area contributed by atoms with Crippen LogP contribution < -0.4 is 15.0 Å². The van der Waals surface area contributed by atoms with E-state index in [0.717, 1.165) is 36.0 Å². The normalized spacial score (nSPS) is 19.5. The summed E-state index contributed by atoms with van der Waals surface area (Å²) in [6.07, 6.45) is 6.62. The Morgan fingerprint density at radius 1 is 1.00 bits per heavy atom. The molecule has 0 amide bonds. The first-order valence-electron chi connectivity index (χ1n) is 15.2. The Morgan fingerprint density at radius 2 is 1.84 bits per heavy atom. The van der Waals surface area contributed by atoms with E-state index in [1.54, 1.807) is 25.6 Å². The van der Waals surface area contributed by atoms with Gasteiger partial charge in [0, 0.05) is 54.8 Å². The first-order chi connectivity index (χ1) is 21.8. The Morgan fingerprint density at radius 3 is 2.58 bits per heavy atom. The number of fused-ring (bicyclic) bond motifs is 1. The molecule has 2 fully saturated rings. The summed E-state index contributed by atoms with van der Waals surface area (Å²) in [7, 11) is 1.56. The van der Waals surface area contributed by atoms with Crippen LogP contribution in [-0.2, 0) is 4.74 Å². The molecule has 1 saturated carbocycles. The topological polar surface area (TPSA) is 85.3 Å². The number of aromatic nitrogens is 4. The summed E-state index contributed by atoms with van der Waals surface area (Å²) >= 11 is 0. The van der Waals surface area contributed by atoms with Crippen LogP contribution in [0.25, 0.3) is 33.5 Å². The fourth-order valence-corrected chi connectivity index (χ4v) is 6.24. The van der Waals surface area contributed by atoms with Crippen LogP contribution in [0, 0.1) is 37.3 Å². The van der Waals surface area contributed by atoms with Gasteiger partial charge in [-0.1, -0.05) is 6.92 Å². The van der Waals surface area contributed by atoms with E-state index in [4.69, 9.17) is 19.4 Å². The lowest BCUT2D eigenvalue weighted by molar-refractivity contribution is 0.0234. The standard InChI is InChI=1S/C35H34F2N6O2/c1-19-7-8-38-28(11-19)33-21(3)34(32-26(37)13-23(36)14-27(32)41-33)42-29-15-24(43-9-10-45-30(18-43)25-12-20(25)2)17-40-35(29)22-5-6-31(44-4)39-16-22/h5-8,11,13-17,20,25,30H,9-10,12,18H2,1-4H3,(H,41,42)/t20?,25-,30?/m0/s1. The van der Waals surface area contributed by atoms with E-state index in [1.165, 1.54) is 12.5 Å². The summed E-state index contributed by atoms with van der Waals surface area (Å²) in [5.74, 6) is 0.318. The Bertz CT molecular complexity index is 1900. The maximum Gasteiger partial charge on any atom is 0.212 e. The minimum Gasteiger partial charge on any atom is -0.481 e. The van der Waals surface area contributed by atoms with Crippen LogP contribution in [0.2, 0.25) is 0 Å². The van der Waals surface area contributed by atoms with Crippen molar-refractivity contribution in [1.82, 2.24) is 19.9 Å². The van der Waals surface area contributed by atoms with Crippen molar-refractivity contribution < 1.29 is 18.3 Å². The second-order valence-electron chi connectivity index (χ2n) is 12.0. The van der Waals surface area contributed by atoms with Gasteiger partial charge in [0.25, 0.3) is 0 Å². The maximum absolute atomic E-state index is 15.6. The summed E-state index contributed by atoms with van der Waals surface area (Å²) in [4.78, 5) is 20.8. The van der Waals surface area contributed by atoms with Gasteiger partial charge in [-0.15, -0.1) is 0 Å². The van der Waals surface area contributed by atoms with Gasteiger partial charge in [0.05, 0.1) is 71.1 Å². The SMILES string of the molecule is COc1ccc(-c2ncc(N3CCOC([C@H]4CC4C)C3)cc2Nc2c(C)c(-c3cc(C)ccn3)nc3cc(F)cc(F)c23)cn1. The van der Waals surface area contributed by atoms with Crippen molar-refractivity contribution in [3.8, 4) is 28.5 Å². The second-order valence-corrected chi connectivity index (χ2v) is 12.0. The molecule has 5 aromatic rings. The van der Waals surface area contributed by atoms with Gasteiger partial charge in [-0.05, 0) is 61.9 Å². The molecule has 5 heterocycles. The van der Waals surface area contributed by atoms with Crippen LogP contribution in [0.1, 0.15) is 24.5 Å². The summed E-state index contributed by atoms with van der Waals surface area (Å²) in [6, 6.07) is 11.6. The predicted octanol–water partition coefficient (Wildman–Crippen LogP) is 7.26. The van der Waals surface area contributed by atoms with Gasteiger partial charge in [-0.2, -0.15) is 0 Å². The summed E-state index contributed by atoms with van der Waals surface area (Å²) in [5, 5.41) is 3.70. The summed E-state index contributed by atoms with van der Waals surface area (Å²) in [6.45, 7) is 8.24. The maximum atomic E-state index is 15.6. The molecular formula is C35H34F2N6O2. The molecule has 230 valence electrons. The molecule has 0 bridgehead atoms. The molecule has 2 unspecified atom stereocenters. The minimum absolute atomic E-state index is 0.176. The van der Waals surface area contributed by atoms with E-state index in [9.17, 15) is 4.39 Å². The predicted molar refractivity (Wildman–Crippen MR) is 171 cm³/mol. The van der Waals surface area contributed by atoms with Crippen LogP contribution >= 0.6 is 0 Å². The van der Waals surface area contributed by atoms with Crippen molar-refractivity contribution >= 4 is 28.0 Å². The van der Waals surface area contributed by atoms with Crippen LogP contribution in [0.5, 0.6) is 5.88 Å². The molecular weight excluding hydrogens is 574 g/mol. The molecule has 45 heavy (non-hydrogen) atoms. The molecule has 8 nitrogen and oxygen atoms in total. The third-order valence-corrected chi connectivity index (χ3v) is 8.86. The number of nitrogens with zero attached hydrogens (tertiary/aromatic N) is 5. The molecule has 7 rings (SSSR count). The minimum atomic E-state index is -0.710. The molecule has 1 aromatic carbocycles. The second kappa shape index (κ2) is 11.7. The number of benzene rings is 1. The number of pyridine rings is 4. The highest BCUT2D eigenvalue weighted by atomic mass is 19.1. The molecule has 1 aliphatic carbocycles. The number of ether oxygens (including phenoxy) is 2. The van der Waals surface area contributed by atoms with Gasteiger partial charge in [0.1, 0.15) is 11.6 Å². The third-order valence-electron chi connectivity index (χ3n) is 8.86. The summed E-state index contributed by atoms with van der Waals surface area (Å²) in [5.41, 5.74) is 6.40. The van der Waals surface area contributed by atoms with E-state index in [1.807, 2.05) is 44.3 Å². The highest BCUT2D eigenvalue weighted by Gasteiger charge is 2.42. The average molecular weight is 609 g/mol. The lowest BCUT2D eigenvalue weighted by atomic mass is 10.0. The van der Waals surface area contributed by atoms with Gasteiger partial charge in [0.2, 0.25) is 5.88 Å². The molecule has 2 aliphatic rings. The van der Waals surface area contributed by atoms with E-state index in [2.05, 4.69) is 27.1 Å². The molecule has 10 heteroatoms. The van der Waals surface area contributed by atoms with Crippen LogP contribution in [0.3, 0.4) is 0 Å².